The Morgan fingerprint density at radius 2 is 1.69 bits per heavy atom. The number of ether oxygens (including phenoxy) is 2. The molecule has 8 atom stereocenters. The molecule has 4 aliphatic carbocycles. The zero-order chi connectivity index (χ0) is 20.8. The summed E-state index contributed by atoms with van der Waals surface area (Å²) in [4.78, 5) is 25.8. The summed E-state index contributed by atoms with van der Waals surface area (Å²) >= 11 is 0. The largest absolute Gasteiger partial charge is 0.465 e. The summed E-state index contributed by atoms with van der Waals surface area (Å²) in [5, 5.41) is 0. The number of methoxy groups -OCH3 is 1. The van der Waals surface area contributed by atoms with Crippen LogP contribution in [0, 0.1) is 46.3 Å². The molecule has 0 heterocycles. The first kappa shape index (κ1) is 21.3. The SMILES string of the molecule is CCOC(=O)C1CCC2C3CCC4(C)CC(COC)CCC4C3CCC2(C)C1=O. The van der Waals surface area contributed by atoms with Crippen molar-refractivity contribution in [3.05, 3.63) is 0 Å². The third-order valence-corrected chi connectivity index (χ3v) is 9.60. The normalized spacial score (nSPS) is 47.0. The van der Waals surface area contributed by atoms with E-state index in [-0.39, 0.29) is 17.2 Å². The Morgan fingerprint density at radius 1 is 1.00 bits per heavy atom. The lowest BCUT2D eigenvalue weighted by molar-refractivity contribution is -0.168. The molecular weight excluding hydrogens is 364 g/mol. The highest BCUT2D eigenvalue weighted by atomic mass is 16.5. The Bertz CT molecular complexity index is 645. The van der Waals surface area contributed by atoms with Gasteiger partial charge in [0.25, 0.3) is 0 Å². The Kier molecular flexibility index (Phi) is 5.87. The van der Waals surface area contributed by atoms with Crippen LogP contribution in [0.2, 0.25) is 0 Å². The standard InChI is InChI=1S/C25H40O4/c1-5-29-23(27)19-7-9-21-18-10-12-24(2)14-16(15-28-4)6-8-20(24)17(18)11-13-25(21,3)22(19)26/h16-21H,5-15H2,1-4H3. The van der Waals surface area contributed by atoms with Crippen molar-refractivity contribution in [3.63, 3.8) is 0 Å². The van der Waals surface area contributed by atoms with E-state index in [4.69, 9.17) is 9.47 Å². The van der Waals surface area contributed by atoms with Gasteiger partial charge in [-0.3, -0.25) is 9.59 Å². The molecule has 4 heteroatoms. The molecule has 0 radical (unpaired) electrons. The molecule has 164 valence electrons. The first-order chi connectivity index (χ1) is 13.8. The Hall–Kier alpha value is -0.900. The second-order valence-corrected chi connectivity index (χ2v) is 11.0. The lowest BCUT2D eigenvalue weighted by Gasteiger charge is -2.61. The van der Waals surface area contributed by atoms with Gasteiger partial charge >= 0.3 is 5.97 Å². The number of hydrogen-bond acceptors (Lipinski definition) is 4. The van der Waals surface area contributed by atoms with Crippen LogP contribution in [0.4, 0.5) is 0 Å². The van der Waals surface area contributed by atoms with Crippen LogP contribution in [-0.4, -0.2) is 32.1 Å². The van der Waals surface area contributed by atoms with Gasteiger partial charge < -0.3 is 9.47 Å². The molecule has 4 nitrogen and oxygen atoms in total. The molecule has 4 rings (SSSR count). The molecule has 0 amide bonds. The van der Waals surface area contributed by atoms with Gasteiger partial charge in [0.2, 0.25) is 0 Å². The fourth-order valence-electron chi connectivity index (χ4n) is 8.30. The summed E-state index contributed by atoms with van der Waals surface area (Å²) in [6, 6.07) is 0. The summed E-state index contributed by atoms with van der Waals surface area (Å²) < 4.78 is 10.7. The van der Waals surface area contributed by atoms with Crippen molar-refractivity contribution in [2.24, 2.45) is 46.3 Å². The van der Waals surface area contributed by atoms with Gasteiger partial charge in [-0.25, -0.2) is 0 Å². The van der Waals surface area contributed by atoms with E-state index in [2.05, 4.69) is 13.8 Å². The average Bonchev–Trinajstić information content (AvgIpc) is 2.68. The van der Waals surface area contributed by atoms with Crippen molar-refractivity contribution < 1.29 is 19.1 Å². The van der Waals surface area contributed by atoms with Gasteiger partial charge in [-0.2, -0.15) is 0 Å². The summed E-state index contributed by atoms with van der Waals surface area (Å²) in [6.07, 6.45) is 10.3. The first-order valence-electron chi connectivity index (χ1n) is 12.0. The molecule has 0 spiro atoms. The molecule has 0 bridgehead atoms. The number of fused-ring (bicyclic) bond motifs is 5. The van der Waals surface area contributed by atoms with Crippen LogP contribution < -0.4 is 0 Å². The lowest BCUT2D eigenvalue weighted by atomic mass is 9.43. The van der Waals surface area contributed by atoms with Crippen LogP contribution in [-0.2, 0) is 19.1 Å². The Labute approximate surface area is 176 Å². The molecule has 0 aromatic heterocycles. The highest BCUT2D eigenvalue weighted by Crippen LogP contribution is 2.64. The van der Waals surface area contributed by atoms with Gasteiger partial charge in [0, 0.05) is 19.1 Å². The topological polar surface area (TPSA) is 52.6 Å². The van der Waals surface area contributed by atoms with Crippen molar-refractivity contribution in [2.45, 2.75) is 78.6 Å². The fraction of sp³-hybridized carbons (Fsp3) is 0.920. The highest BCUT2D eigenvalue weighted by Gasteiger charge is 2.60. The number of rotatable bonds is 4. The van der Waals surface area contributed by atoms with E-state index in [9.17, 15) is 9.59 Å². The second-order valence-electron chi connectivity index (χ2n) is 11.0. The van der Waals surface area contributed by atoms with E-state index in [0.29, 0.717) is 36.2 Å². The molecule has 0 aromatic rings. The van der Waals surface area contributed by atoms with E-state index in [1.807, 2.05) is 14.0 Å². The predicted octanol–water partition coefficient (Wildman–Crippen LogP) is 5.04. The van der Waals surface area contributed by atoms with Gasteiger partial charge in [0.05, 0.1) is 6.61 Å². The van der Waals surface area contributed by atoms with E-state index < -0.39 is 5.92 Å². The molecule has 29 heavy (non-hydrogen) atoms. The average molecular weight is 405 g/mol. The second kappa shape index (κ2) is 7.98. The molecule has 4 fully saturated rings. The summed E-state index contributed by atoms with van der Waals surface area (Å²) in [7, 11) is 1.83. The monoisotopic (exact) mass is 404 g/mol. The van der Waals surface area contributed by atoms with E-state index >= 15 is 0 Å². The number of carbonyl (C=O) groups is 2. The zero-order valence-electron chi connectivity index (χ0n) is 18.9. The lowest BCUT2D eigenvalue weighted by Crippen LogP contribution is -2.57. The Balaban J connectivity index is 1.51. The molecule has 0 N–H and O–H groups in total. The molecule has 4 saturated carbocycles. The van der Waals surface area contributed by atoms with Crippen LogP contribution in [0.1, 0.15) is 78.6 Å². The van der Waals surface area contributed by atoms with Crippen molar-refractivity contribution in [3.8, 4) is 0 Å². The smallest absolute Gasteiger partial charge is 0.316 e. The van der Waals surface area contributed by atoms with Crippen LogP contribution >= 0.6 is 0 Å². The fourth-order valence-corrected chi connectivity index (χ4v) is 8.30. The van der Waals surface area contributed by atoms with Crippen molar-refractivity contribution in [2.75, 3.05) is 20.3 Å². The number of ketones is 1. The molecule has 8 unspecified atom stereocenters. The maximum atomic E-state index is 13.4. The van der Waals surface area contributed by atoms with Gasteiger partial charge in [-0.15, -0.1) is 0 Å². The summed E-state index contributed by atoms with van der Waals surface area (Å²) in [5.41, 5.74) is 0.125. The quantitative estimate of drug-likeness (QED) is 0.486. The van der Waals surface area contributed by atoms with Gasteiger partial charge in [-0.05, 0) is 99.7 Å². The number of hydrogen-bond donors (Lipinski definition) is 0. The predicted molar refractivity (Wildman–Crippen MR) is 112 cm³/mol. The van der Waals surface area contributed by atoms with Crippen molar-refractivity contribution in [1.82, 2.24) is 0 Å². The van der Waals surface area contributed by atoms with E-state index in [0.717, 1.165) is 37.7 Å². The van der Waals surface area contributed by atoms with E-state index in [1.165, 1.54) is 32.1 Å². The molecule has 0 aromatic carbocycles. The van der Waals surface area contributed by atoms with Crippen LogP contribution in [0.15, 0.2) is 0 Å². The number of Topliss-reactive ketones (excluding diaryl/α,β-unsaturated/α-hetero) is 1. The number of esters is 1. The summed E-state index contributed by atoms with van der Waals surface area (Å²) in [6.45, 7) is 7.79. The third-order valence-electron chi connectivity index (χ3n) is 9.60. The van der Waals surface area contributed by atoms with Gasteiger partial charge in [-0.1, -0.05) is 13.8 Å². The first-order valence-corrected chi connectivity index (χ1v) is 12.0. The minimum atomic E-state index is -0.522. The van der Waals surface area contributed by atoms with Gasteiger partial charge in [0.1, 0.15) is 5.92 Å². The number of carbonyl (C=O) groups excluding carboxylic acids is 2. The Morgan fingerprint density at radius 3 is 2.41 bits per heavy atom. The van der Waals surface area contributed by atoms with Crippen molar-refractivity contribution in [1.29, 1.82) is 0 Å². The van der Waals surface area contributed by atoms with Crippen LogP contribution in [0.25, 0.3) is 0 Å². The molecular formula is C25H40O4. The highest BCUT2D eigenvalue weighted by molar-refractivity contribution is 6.02. The minimum absolute atomic E-state index is 0.183. The molecule has 4 aliphatic rings. The van der Waals surface area contributed by atoms with Gasteiger partial charge in [0.15, 0.2) is 5.78 Å². The van der Waals surface area contributed by atoms with Crippen LogP contribution in [0.5, 0.6) is 0 Å². The van der Waals surface area contributed by atoms with Crippen LogP contribution in [0.3, 0.4) is 0 Å². The minimum Gasteiger partial charge on any atom is -0.465 e. The summed E-state index contributed by atoms with van der Waals surface area (Å²) in [5.74, 6) is 2.78. The maximum absolute atomic E-state index is 13.4. The third kappa shape index (κ3) is 3.47. The molecule has 0 aliphatic heterocycles. The van der Waals surface area contributed by atoms with Crippen molar-refractivity contribution >= 4 is 11.8 Å². The zero-order valence-corrected chi connectivity index (χ0v) is 18.9. The maximum Gasteiger partial charge on any atom is 0.316 e. The van der Waals surface area contributed by atoms with E-state index in [1.54, 1.807) is 0 Å². The molecule has 0 saturated heterocycles.